The summed E-state index contributed by atoms with van der Waals surface area (Å²) in [4.78, 5) is 13.8. The molecule has 0 aromatic heterocycles. The van der Waals surface area contributed by atoms with Gasteiger partial charge in [-0.3, -0.25) is 4.79 Å². The van der Waals surface area contributed by atoms with Gasteiger partial charge in [-0.05, 0) is 12.8 Å². The molecule has 2 heteroatoms. The van der Waals surface area contributed by atoms with Crippen LogP contribution in [0.15, 0.2) is 0 Å². The average molecular weight is 269 g/mol. The monoisotopic (exact) mass is 269 g/mol. The van der Waals surface area contributed by atoms with Gasteiger partial charge in [0.25, 0.3) is 0 Å². The summed E-state index contributed by atoms with van der Waals surface area (Å²) in [7, 11) is 3.75. The van der Waals surface area contributed by atoms with Gasteiger partial charge in [-0.1, -0.05) is 71.6 Å². The van der Waals surface area contributed by atoms with E-state index in [4.69, 9.17) is 0 Å². The molecule has 0 N–H and O–H groups in total. The van der Waals surface area contributed by atoms with Crippen molar-refractivity contribution >= 4 is 5.91 Å². The number of carbonyl (C=O) groups is 1. The lowest BCUT2D eigenvalue weighted by atomic mass is 9.94. The van der Waals surface area contributed by atoms with E-state index in [1.807, 2.05) is 14.1 Å². The van der Waals surface area contributed by atoms with Crippen molar-refractivity contribution in [3.05, 3.63) is 0 Å². The summed E-state index contributed by atoms with van der Waals surface area (Å²) in [5, 5.41) is 0. The van der Waals surface area contributed by atoms with Crippen molar-refractivity contribution in [2.45, 2.75) is 84.5 Å². The van der Waals surface area contributed by atoms with Crippen LogP contribution in [0, 0.1) is 5.92 Å². The maximum Gasteiger partial charge on any atom is 0.225 e. The summed E-state index contributed by atoms with van der Waals surface area (Å²) in [5.74, 6) is 0.588. The molecule has 0 radical (unpaired) electrons. The predicted octanol–water partition coefficient (Wildman–Crippen LogP) is 5.02. The summed E-state index contributed by atoms with van der Waals surface area (Å²) in [6.45, 7) is 4.43. The molecule has 114 valence electrons. The predicted molar refractivity (Wildman–Crippen MR) is 84.3 cm³/mol. The highest BCUT2D eigenvalue weighted by Crippen LogP contribution is 2.18. The van der Waals surface area contributed by atoms with Crippen molar-refractivity contribution in [1.29, 1.82) is 0 Å². The molecule has 0 bridgehead atoms. The van der Waals surface area contributed by atoms with Gasteiger partial charge in [0.15, 0.2) is 0 Å². The second-order valence-corrected chi connectivity index (χ2v) is 5.98. The quantitative estimate of drug-likeness (QED) is 0.455. The molecule has 0 aromatic rings. The summed E-state index contributed by atoms with van der Waals surface area (Å²) < 4.78 is 0. The average Bonchev–Trinajstić information content (AvgIpc) is 2.39. The van der Waals surface area contributed by atoms with Crippen molar-refractivity contribution in [1.82, 2.24) is 4.90 Å². The standard InChI is InChI=1S/C17H35NO/c1-5-7-8-9-10-11-12-13-15-16(14-6-2)17(19)18(3)4/h16H,5-15H2,1-4H3. The van der Waals surface area contributed by atoms with E-state index in [1.54, 1.807) is 4.90 Å². The Bertz CT molecular complexity index is 213. The Labute approximate surface area is 120 Å². The Kier molecular flexibility index (Phi) is 12.2. The minimum absolute atomic E-state index is 0.264. The van der Waals surface area contributed by atoms with Crippen LogP contribution >= 0.6 is 0 Å². The third-order valence-corrected chi connectivity index (χ3v) is 3.83. The molecule has 0 spiro atoms. The number of carbonyl (C=O) groups excluding carboxylic acids is 1. The van der Waals surface area contributed by atoms with E-state index in [1.165, 1.54) is 51.4 Å². The van der Waals surface area contributed by atoms with Gasteiger partial charge in [0, 0.05) is 20.0 Å². The highest BCUT2D eigenvalue weighted by Gasteiger charge is 2.18. The zero-order valence-electron chi connectivity index (χ0n) is 13.7. The van der Waals surface area contributed by atoms with Crippen LogP contribution in [0.3, 0.4) is 0 Å². The van der Waals surface area contributed by atoms with Crippen LogP contribution in [0.4, 0.5) is 0 Å². The molecule has 1 atom stereocenters. The van der Waals surface area contributed by atoms with Crippen LogP contribution in [-0.2, 0) is 4.79 Å². The van der Waals surface area contributed by atoms with Crippen molar-refractivity contribution in [2.24, 2.45) is 5.92 Å². The summed E-state index contributed by atoms with van der Waals surface area (Å²) in [6, 6.07) is 0. The maximum atomic E-state index is 12.0. The van der Waals surface area contributed by atoms with Crippen molar-refractivity contribution in [2.75, 3.05) is 14.1 Å². The number of hydrogen-bond acceptors (Lipinski definition) is 1. The van der Waals surface area contributed by atoms with E-state index in [-0.39, 0.29) is 5.92 Å². The van der Waals surface area contributed by atoms with Gasteiger partial charge >= 0.3 is 0 Å². The van der Waals surface area contributed by atoms with E-state index >= 15 is 0 Å². The fourth-order valence-electron chi connectivity index (χ4n) is 2.63. The number of rotatable bonds is 12. The van der Waals surface area contributed by atoms with Gasteiger partial charge in [0.1, 0.15) is 0 Å². The van der Waals surface area contributed by atoms with E-state index in [2.05, 4.69) is 13.8 Å². The number of hydrogen-bond donors (Lipinski definition) is 0. The van der Waals surface area contributed by atoms with Gasteiger partial charge in [-0.2, -0.15) is 0 Å². The highest BCUT2D eigenvalue weighted by molar-refractivity contribution is 5.78. The smallest absolute Gasteiger partial charge is 0.225 e. The molecule has 0 heterocycles. The minimum atomic E-state index is 0.264. The molecule has 1 amide bonds. The lowest BCUT2D eigenvalue weighted by Gasteiger charge is -2.20. The zero-order chi connectivity index (χ0) is 14.5. The lowest BCUT2D eigenvalue weighted by Crippen LogP contribution is -2.29. The molecule has 0 rings (SSSR count). The Morgan fingerprint density at radius 2 is 1.32 bits per heavy atom. The molecule has 0 aliphatic rings. The maximum absolute atomic E-state index is 12.0. The molecule has 0 aromatic carbocycles. The Hall–Kier alpha value is -0.530. The largest absolute Gasteiger partial charge is 0.349 e. The van der Waals surface area contributed by atoms with Gasteiger partial charge in [-0.15, -0.1) is 0 Å². The third-order valence-electron chi connectivity index (χ3n) is 3.83. The molecule has 0 aliphatic heterocycles. The fraction of sp³-hybridized carbons (Fsp3) is 0.941. The van der Waals surface area contributed by atoms with Crippen LogP contribution in [-0.4, -0.2) is 24.9 Å². The first kappa shape index (κ1) is 18.5. The Morgan fingerprint density at radius 3 is 1.79 bits per heavy atom. The summed E-state index contributed by atoms with van der Waals surface area (Å²) in [5.41, 5.74) is 0. The van der Waals surface area contributed by atoms with E-state index in [9.17, 15) is 4.79 Å². The summed E-state index contributed by atoms with van der Waals surface area (Å²) in [6.07, 6.45) is 14.0. The molecule has 0 saturated heterocycles. The van der Waals surface area contributed by atoms with Gasteiger partial charge in [-0.25, -0.2) is 0 Å². The van der Waals surface area contributed by atoms with Crippen molar-refractivity contribution < 1.29 is 4.79 Å². The van der Waals surface area contributed by atoms with Gasteiger partial charge < -0.3 is 4.90 Å². The number of amides is 1. The van der Waals surface area contributed by atoms with Crippen LogP contribution in [0.1, 0.15) is 84.5 Å². The van der Waals surface area contributed by atoms with Crippen molar-refractivity contribution in [3.63, 3.8) is 0 Å². The Morgan fingerprint density at radius 1 is 0.789 bits per heavy atom. The van der Waals surface area contributed by atoms with Crippen LogP contribution < -0.4 is 0 Å². The van der Waals surface area contributed by atoms with Gasteiger partial charge in [0.05, 0.1) is 0 Å². The highest BCUT2D eigenvalue weighted by atomic mass is 16.2. The van der Waals surface area contributed by atoms with E-state index in [0.717, 1.165) is 19.3 Å². The molecule has 2 nitrogen and oxygen atoms in total. The molecule has 19 heavy (non-hydrogen) atoms. The fourth-order valence-corrected chi connectivity index (χ4v) is 2.63. The third kappa shape index (κ3) is 9.98. The first-order valence-corrected chi connectivity index (χ1v) is 8.34. The summed E-state index contributed by atoms with van der Waals surface area (Å²) >= 11 is 0. The number of nitrogens with zero attached hydrogens (tertiary/aromatic N) is 1. The van der Waals surface area contributed by atoms with Crippen LogP contribution in [0.2, 0.25) is 0 Å². The molecular formula is C17H35NO. The zero-order valence-corrected chi connectivity index (χ0v) is 13.7. The molecule has 0 aliphatic carbocycles. The Balaban J connectivity index is 3.62. The second kappa shape index (κ2) is 12.5. The van der Waals surface area contributed by atoms with E-state index in [0.29, 0.717) is 5.91 Å². The lowest BCUT2D eigenvalue weighted by molar-refractivity contribution is -0.133. The normalized spacial score (nSPS) is 12.4. The minimum Gasteiger partial charge on any atom is -0.349 e. The molecule has 0 fully saturated rings. The molecule has 1 unspecified atom stereocenters. The first-order valence-electron chi connectivity index (χ1n) is 8.34. The molecular weight excluding hydrogens is 234 g/mol. The topological polar surface area (TPSA) is 20.3 Å². The second-order valence-electron chi connectivity index (χ2n) is 5.98. The van der Waals surface area contributed by atoms with Crippen molar-refractivity contribution in [3.8, 4) is 0 Å². The number of unbranched alkanes of at least 4 members (excludes halogenated alkanes) is 7. The SMILES string of the molecule is CCCCCCCCCCC(CCC)C(=O)N(C)C. The first-order chi connectivity index (χ1) is 9.13. The van der Waals surface area contributed by atoms with Crippen LogP contribution in [0.5, 0.6) is 0 Å². The van der Waals surface area contributed by atoms with Gasteiger partial charge in [0.2, 0.25) is 5.91 Å². The molecule has 0 saturated carbocycles. The van der Waals surface area contributed by atoms with E-state index < -0.39 is 0 Å². The van der Waals surface area contributed by atoms with Crippen LogP contribution in [0.25, 0.3) is 0 Å².